The van der Waals surface area contributed by atoms with E-state index in [-0.39, 0.29) is 5.91 Å². The molecule has 1 fully saturated rings. The SMILES string of the molecule is COc1ccccc1N1CCN(C(=O)c2cc(Br)ccc2-n2cnnn2)CC1. The quantitative estimate of drug-likeness (QED) is 0.617. The fourth-order valence-electron chi connectivity index (χ4n) is 3.36. The maximum atomic E-state index is 13.2. The number of halogens is 1. The molecule has 3 aromatic rings. The molecule has 0 saturated carbocycles. The molecule has 8 nitrogen and oxygen atoms in total. The molecule has 0 spiro atoms. The summed E-state index contributed by atoms with van der Waals surface area (Å²) in [4.78, 5) is 17.3. The molecule has 4 rings (SSSR count). The van der Waals surface area contributed by atoms with Crippen LogP contribution in [0.2, 0.25) is 0 Å². The maximum absolute atomic E-state index is 13.2. The number of para-hydroxylation sites is 2. The highest BCUT2D eigenvalue weighted by Crippen LogP contribution is 2.29. The third-order valence-electron chi connectivity index (χ3n) is 4.78. The summed E-state index contributed by atoms with van der Waals surface area (Å²) in [6, 6.07) is 13.5. The van der Waals surface area contributed by atoms with Crippen LogP contribution in [-0.2, 0) is 0 Å². The summed E-state index contributed by atoms with van der Waals surface area (Å²) < 4.78 is 7.80. The van der Waals surface area contributed by atoms with Gasteiger partial charge in [0.1, 0.15) is 12.1 Å². The minimum Gasteiger partial charge on any atom is -0.495 e. The molecule has 2 aromatic carbocycles. The van der Waals surface area contributed by atoms with Gasteiger partial charge in [-0.15, -0.1) is 5.10 Å². The predicted molar refractivity (Wildman–Crippen MR) is 108 cm³/mol. The Bertz CT molecular complexity index is 970. The van der Waals surface area contributed by atoms with Crippen molar-refractivity contribution in [3.05, 3.63) is 58.8 Å². The molecule has 1 aromatic heterocycles. The molecule has 0 N–H and O–H groups in total. The zero-order valence-electron chi connectivity index (χ0n) is 15.3. The van der Waals surface area contributed by atoms with E-state index in [1.54, 1.807) is 7.11 Å². The molecule has 1 aliphatic rings. The first kappa shape index (κ1) is 18.4. The smallest absolute Gasteiger partial charge is 0.256 e. The van der Waals surface area contributed by atoms with E-state index in [0.29, 0.717) is 24.3 Å². The second-order valence-electron chi connectivity index (χ2n) is 6.37. The number of rotatable bonds is 4. The summed E-state index contributed by atoms with van der Waals surface area (Å²) in [5, 5.41) is 11.3. The van der Waals surface area contributed by atoms with Gasteiger partial charge in [0.05, 0.1) is 24.0 Å². The summed E-state index contributed by atoms with van der Waals surface area (Å²) >= 11 is 3.45. The van der Waals surface area contributed by atoms with Crippen LogP contribution in [0.1, 0.15) is 10.4 Å². The minimum atomic E-state index is -0.0357. The number of benzene rings is 2. The molecule has 0 aliphatic carbocycles. The standard InChI is InChI=1S/C19H19BrN6O2/c1-28-18-5-3-2-4-17(18)24-8-10-25(11-9-24)19(27)15-12-14(20)6-7-16(15)26-13-21-22-23-26/h2-7,12-13H,8-11H2,1H3. The average Bonchev–Trinajstić information content (AvgIpc) is 3.28. The summed E-state index contributed by atoms with van der Waals surface area (Å²) in [5.41, 5.74) is 2.27. The van der Waals surface area contributed by atoms with Crippen LogP contribution < -0.4 is 9.64 Å². The third-order valence-corrected chi connectivity index (χ3v) is 5.27. The number of methoxy groups -OCH3 is 1. The normalized spacial score (nSPS) is 14.2. The van der Waals surface area contributed by atoms with Gasteiger partial charge in [-0.2, -0.15) is 4.68 Å². The predicted octanol–water partition coefficient (Wildman–Crippen LogP) is 2.40. The maximum Gasteiger partial charge on any atom is 0.256 e. The van der Waals surface area contributed by atoms with E-state index in [1.807, 2.05) is 47.4 Å². The molecule has 0 unspecified atom stereocenters. The number of hydrogen-bond acceptors (Lipinski definition) is 6. The Kier molecular flexibility index (Phi) is 5.25. The lowest BCUT2D eigenvalue weighted by Gasteiger charge is -2.36. The number of tetrazole rings is 1. The molecule has 1 saturated heterocycles. The number of amides is 1. The second-order valence-corrected chi connectivity index (χ2v) is 7.28. The molecule has 9 heteroatoms. The van der Waals surface area contributed by atoms with Gasteiger partial charge in [0, 0.05) is 30.7 Å². The van der Waals surface area contributed by atoms with E-state index in [2.05, 4.69) is 36.4 Å². The van der Waals surface area contributed by atoms with Crippen LogP contribution in [0.3, 0.4) is 0 Å². The van der Waals surface area contributed by atoms with E-state index in [1.165, 1.54) is 11.0 Å². The fraction of sp³-hybridized carbons (Fsp3) is 0.263. The van der Waals surface area contributed by atoms with Crippen molar-refractivity contribution in [3.8, 4) is 11.4 Å². The van der Waals surface area contributed by atoms with Crippen LogP contribution in [0.5, 0.6) is 5.75 Å². The van der Waals surface area contributed by atoms with Crippen LogP contribution in [0.15, 0.2) is 53.3 Å². The van der Waals surface area contributed by atoms with Gasteiger partial charge in [0.25, 0.3) is 5.91 Å². The first-order valence-electron chi connectivity index (χ1n) is 8.87. The van der Waals surface area contributed by atoms with Crippen molar-refractivity contribution in [1.29, 1.82) is 0 Å². The van der Waals surface area contributed by atoms with Gasteiger partial charge in [0.15, 0.2) is 0 Å². The second kappa shape index (κ2) is 7.97. The summed E-state index contributed by atoms with van der Waals surface area (Å²) in [6.07, 6.45) is 1.49. The van der Waals surface area contributed by atoms with Crippen molar-refractivity contribution in [2.45, 2.75) is 0 Å². The Hall–Kier alpha value is -2.94. The minimum absolute atomic E-state index is 0.0357. The lowest BCUT2D eigenvalue weighted by molar-refractivity contribution is 0.0746. The Morgan fingerprint density at radius 3 is 2.57 bits per heavy atom. The van der Waals surface area contributed by atoms with Crippen LogP contribution in [0, 0.1) is 0 Å². The molecule has 0 bridgehead atoms. The molecule has 0 radical (unpaired) electrons. The molecule has 2 heterocycles. The number of nitrogens with zero attached hydrogens (tertiary/aromatic N) is 6. The number of piperazine rings is 1. The Labute approximate surface area is 170 Å². The van der Waals surface area contributed by atoms with E-state index in [0.717, 1.165) is 29.0 Å². The van der Waals surface area contributed by atoms with Gasteiger partial charge in [-0.3, -0.25) is 4.79 Å². The molecule has 28 heavy (non-hydrogen) atoms. The van der Waals surface area contributed by atoms with Crippen LogP contribution in [0.4, 0.5) is 5.69 Å². The topological polar surface area (TPSA) is 76.4 Å². The highest BCUT2D eigenvalue weighted by Gasteiger charge is 2.26. The molecular formula is C19H19BrN6O2. The van der Waals surface area contributed by atoms with Crippen molar-refractivity contribution in [3.63, 3.8) is 0 Å². The van der Waals surface area contributed by atoms with Gasteiger partial charge in [-0.25, -0.2) is 0 Å². The lowest BCUT2D eigenvalue weighted by Crippen LogP contribution is -2.49. The number of carbonyl (C=O) groups excluding carboxylic acids is 1. The van der Waals surface area contributed by atoms with Crippen LogP contribution >= 0.6 is 15.9 Å². The van der Waals surface area contributed by atoms with E-state index >= 15 is 0 Å². The summed E-state index contributed by atoms with van der Waals surface area (Å²) in [7, 11) is 1.67. The average molecular weight is 443 g/mol. The largest absolute Gasteiger partial charge is 0.495 e. The van der Waals surface area contributed by atoms with Gasteiger partial charge in [-0.1, -0.05) is 28.1 Å². The number of anilines is 1. The molecule has 0 atom stereocenters. The van der Waals surface area contributed by atoms with Gasteiger partial charge >= 0.3 is 0 Å². The van der Waals surface area contributed by atoms with E-state index in [4.69, 9.17) is 4.74 Å². The van der Waals surface area contributed by atoms with E-state index < -0.39 is 0 Å². The molecule has 144 valence electrons. The summed E-state index contributed by atoms with van der Waals surface area (Å²) in [5.74, 6) is 0.807. The molecule has 1 amide bonds. The number of ether oxygens (including phenoxy) is 1. The number of carbonyl (C=O) groups is 1. The van der Waals surface area contributed by atoms with E-state index in [9.17, 15) is 4.79 Å². The van der Waals surface area contributed by atoms with Gasteiger partial charge < -0.3 is 14.5 Å². The van der Waals surface area contributed by atoms with Crippen molar-refractivity contribution >= 4 is 27.5 Å². The lowest BCUT2D eigenvalue weighted by atomic mass is 10.1. The van der Waals surface area contributed by atoms with Gasteiger partial charge in [0.2, 0.25) is 0 Å². The first-order valence-corrected chi connectivity index (χ1v) is 9.67. The van der Waals surface area contributed by atoms with Crippen molar-refractivity contribution in [1.82, 2.24) is 25.1 Å². The zero-order chi connectivity index (χ0) is 19.5. The van der Waals surface area contributed by atoms with Crippen molar-refractivity contribution in [2.24, 2.45) is 0 Å². The van der Waals surface area contributed by atoms with Gasteiger partial charge in [-0.05, 0) is 40.8 Å². The number of aromatic nitrogens is 4. The highest BCUT2D eigenvalue weighted by molar-refractivity contribution is 9.10. The zero-order valence-corrected chi connectivity index (χ0v) is 16.9. The molecule has 1 aliphatic heterocycles. The Morgan fingerprint density at radius 1 is 1.07 bits per heavy atom. The van der Waals surface area contributed by atoms with Crippen molar-refractivity contribution in [2.75, 3.05) is 38.2 Å². The van der Waals surface area contributed by atoms with Crippen LogP contribution in [-0.4, -0.2) is 64.3 Å². The van der Waals surface area contributed by atoms with Crippen molar-refractivity contribution < 1.29 is 9.53 Å². The highest BCUT2D eigenvalue weighted by atomic mass is 79.9. The number of hydrogen-bond donors (Lipinski definition) is 0. The fourth-order valence-corrected chi connectivity index (χ4v) is 3.72. The monoisotopic (exact) mass is 442 g/mol. The van der Waals surface area contributed by atoms with Crippen LogP contribution in [0.25, 0.3) is 5.69 Å². The Morgan fingerprint density at radius 2 is 1.86 bits per heavy atom. The third kappa shape index (κ3) is 3.57. The first-order chi connectivity index (χ1) is 13.7. The Balaban J connectivity index is 1.53. The molecular weight excluding hydrogens is 424 g/mol. The summed E-state index contributed by atoms with van der Waals surface area (Å²) in [6.45, 7) is 2.72.